The Labute approximate surface area is 86.0 Å². The van der Waals surface area contributed by atoms with E-state index in [1.807, 2.05) is 0 Å². The molecule has 0 N–H and O–H groups in total. The molecule has 1 saturated carbocycles. The van der Waals surface area contributed by atoms with Gasteiger partial charge in [-0.3, -0.25) is 4.79 Å². The first kappa shape index (κ1) is 11.1. The van der Waals surface area contributed by atoms with Gasteiger partial charge in [0.2, 0.25) is 0 Å². The third kappa shape index (κ3) is 3.83. The van der Waals surface area contributed by atoms with E-state index in [4.69, 9.17) is 11.2 Å². The Bertz CT molecular complexity index is 219. The van der Waals surface area contributed by atoms with Crippen molar-refractivity contribution in [2.24, 2.45) is 11.8 Å². The second kappa shape index (κ2) is 5.70. The Kier molecular flexibility index (Phi) is 4.52. The lowest BCUT2D eigenvalue weighted by Crippen LogP contribution is -2.19. The summed E-state index contributed by atoms with van der Waals surface area (Å²) >= 11 is 0. The highest BCUT2D eigenvalue weighted by Crippen LogP contribution is 2.30. The van der Waals surface area contributed by atoms with Gasteiger partial charge in [0.25, 0.3) is 0 Å². The fraction of sp³-hybridized carbons (Fsp3) is 0.750. The summed E-state index contributed by atoms with van der Waals surface area (Å²) in [5.41, 5.74) is 0. The molecule has 0 bridgehead atoms. The number of hydrogen-bond acceptors (Lipinski definition) is 2. The molecule has 1 aliphatic rings. The molecule has 78 valence electrons. The maximum Gasteiger partial charge on any atom is 0.302 e. The molecule has 0 saturated heterocycles. The minimum atomic E-state index is -0.171. The van der Waals surface area contributed by atoms with Crippen molar-refractivity contribution < 1.29 is 9.53 Å². The van der Waals surface area contributed by atoms with Crippen LogP contribution in [0.2, 0.25) is 0 Å². The number of rotatable bonds is 3. The van der Waals surface area contributed by atoms with Crippen molar-refractivity contribution >= 4 is 5.97 Å². The summed E-state index contributed by atoms with van der Waals surface area (Å²) in [5, 5.41) is 0. The first-order valence-corrected chi connectivity index (χ1v) is 5.29. The highest BCUT2D eigenvalue weighted by molar-refractivity contribution is 5.65. The van der Waals surface area contributed by atoms with Crippen molar-refractivity contribution in [2.75, 3.05) is 6.61 Å². The molecule has 0 unspecified atom stereocenters. The molecule has 0 aromatic heterocycles. The van der Waals surface area contributed by atoms with Crippen molar-refractivity contribution in [2.45, 2.75) is 39.0 Å². The molecule has 0 radical (unpaired) electrons. The van der Waals surface area contributed by atoms with Gasteiger partial charge in [-0.1, -0.05) is 0 Å². The summed E-state index contributed by atoms with van der Waals surface area (Å²) in [6, 6.07) is 0. The molecule has 2 heteroatoms. The zero-order valence-electron chi connectivity index (χ0n) is 8.79. The van der Waals surface area contributed by atoms with Gasteiger partial charge in [-0.2, -0.15) is 0 Å². The second-order valence-corrected chi connectivity index (χ2v) is 4.10. The topological polar surface area (TPSA) is 26.3 Å². The molecule has 0 aromatic carbocycles. The third-order valence-electron chi connectivity index (χ3n) is 2.90. The summed E-state index contributed by atoms with van der Waals surface area (Å²) in [6.45, 7) is 2.06. The molecule has 1 rings (SSSR count). The first-order chi connectivity index (χ1) is 6.72. The van der Waals surface area contributed by atoms with E-state index in [1.54, 1.807) is 0 Å². The number of carbonyl (C=O) groups excluding carboxylic acids is 1. The van der Waals surface area contributed by atoms with Crippen LogP contribution in [0.1, 0.15) is 39.0 Å². The van der Waals surface area contributed by atoms with Crippen LogP contribution in [0.5, 0.6) is 0 Å². The van der Waals surface area contributed by atoms with Gasteiger partial charge in [0, 0.05) is 13.3 Å². The maximum absolute atomic E-state index is 10.6. The molecule has 0 spiro atoms. The lowest BCUT2D eigenvalue weighted by Gasteiger charge is -2.26. The lowest BCUT2D eigenvalue weighted by molar-refractivity contribution is -0.142. The molecule has 1 aliphatic carbocycles. The monoisotopic (exact) mass is 194 g/mol. The van der Waals surface area contributed by atoms with Crippen LogP contribution >= 0.6 is 0 Å². The van der Waals surface area contributed by atoms with Gasteiger partial charge in [-0.15, -0.1) is 12.3 Å². The van der Waals surface area contributed by atoms with Crippen LogP contribution in [0, 0.1) is 24.2 Å². The number of esters is 1. The average Bonchev–Trinajstić information content (AvgIpc) is 2.17. The van der Waals surface area contributed by atoms with Crippen molar-refractivity contribution in [1.82, 2.24) is 0 Å². The largest absolute Gasteiger partial charge is 0.466 e. The Morgan fingerprint density at radius 2 is 1.93 bits per heavy atom. The van der Waals surface area contributed by atoms with Crippen LogP contribution in [0.3, 0.4) is 0 Å². The second-order valence-electron chi connectivity index (χ2n) is 4.10. The Balaban J connectivity index is 2.16. The number of terminal acetylenes is 1. The highest BCUT2D eigenvalue weighted by Gasteiger charge is 2.21. The van der Waals surface area contributed by atoms with Gasteiger partial charge in [0.05, 0.1) is 6.61 Å². The first-order valence-electron chi connectivity index (χ1n) is 5.29. The minimum absolute atomic E-state index is 0.171. The van der Waals surface area contributed by atoms with Crippen LogP contribution in [0.25, 0.3) is 0 Å². The zero-order chi connectivity index (χ0) is 10.4. The predicted molar refractivity (Wildman–Crippen MR) is 55.5 cm³/mol. The van der Waals surface area contributed by atoms with Crippen LogP contribution < -0.4 is 0 Å². The summed E-state index contributed by atoms with van der Waals surface area (Å²) < 4.78 is 5.00. The predicted octanol–water partition coefficient (Wildman–Crippen LogP) is 2.38. The highest BCUT2D eigenvalue weighted by atomic mass is 16.5. The normalized spacial score (nSPS) is 26.6. The maximum atomic E-state index is 10.6. The van der Waals surface area contributed by atoms with Gasteiger partial charge in [-0.05, 0) is 37.5 Å². The van der Waals surface area contributed by atoms with Crippen LogP contribution in [-0.2, 0) is 9.53 Å². The molecule has 0 atom stereocenters. The van der Waals surface area contributed by atoms with E-state index in [0.717, 1.165) is 19.3 Å². The van der Waals surface area contributed by atoms with Crippen LogP contribution in [0.4, 0.5) is 0 Å². The molecular formula is C12H18O2. The van der Waals surface area contributed by atoms with E-state index in [-0.39, 0.29) is 5.97 Å². The van der Waals surface area contributed by atoms with Gasteiger partial charge in [0.15, 0.2) is 0 Å². The van der Waals surface area contributed by atoms with E-state index < -0.39 is 0 Å². The van der Waals surface area contributed by atoms with Crippen LogP contribution in [-0.4, -0.2) is 12.6 Å². The van der Waals surface area contributed by atoms with Crippen LogP contribution in [0.15, 0.2) is 0 Å². The zero-order valence-corrected chi connectivity index (χ0v) is 8.79. The van der Waals surface area contributed by atoms with Crippen molar-refractivity contribution in [3.8, 4) is 12.3 Å². The van der Waals surface area contributed by atoms with E-state index in [2.05, 4.69) is 5.92 Å². The number of ether oxygens (including phenoxy) is 1. The number of hydrogen-bond donors (Lipinski definition) is 0. The van der Waals surface area contributed by atoms with E-state index in [1.165, 1.54) is 19.8 Å². The number of carbonyl (C=O) groups is 1. The SMILES string of the molecule is C#CC[C@H]1CC[C@H](COC(C)=O)CC1. The van der Waals surface area contributed by atoms with Crippen molar-refractivity contribution in [1.29, 1.82) is 0 Å². The average molecular weight is 194 g/mol. The molecule has 1 fully saturated rings. The van der Waals surface area contributed by atoms with Crippen molar-refractivity contribution in [3.63, 3.8) is 0 Å². The van der Waals surface area contributed by atoms with E-state index >= 15 is 0 Å². The fourth-order valence-corrected chi connectivity index (χ4v) is 2.00. The third-order valence-corrected chi connectivity index (χ3v) is 2.90. The lowest BCUT2D eigenvalue weighted by atomic mass is 9.81. The Morgan fingerprint density at radius 3 is 2.43 bits per heavy atom. The van der Waals surface area contributed by atoms with Crippen molar-refractivity contribution in [3.05, 3.63) is 0 Å². The fourth-order valence-electron chi connectivity index (χ4n) is 2.00. The smallest absolute Gasteiger partial charge is 0.302 e. The summed E-state index contributed by atoms with van der Waals surface area (Å²) in [6.07, 6.45) is 10.9. The van der Waals surface area contributed by atoms with Gasteiger partial charge < -0.3 is 4.74 Å². The molecule has 0 aromatic rings. The van der Waals surface area contributed by atoms with E-state index in [0.29, 0.717) is 18.4 Å². The summed E-state index contributed by atoms with van der Waals surface area (Å²) in [5.74, 6) is 3.81. The van der Waals surface area contributed by atoms with E-state index in [9.17, 15) is 4.79 Å². The summed E-state index contributed by atoms with van der Waals surface area (Å²) in [4.78, 5) is 10.6. The minimum Gasteiger partial charge on any atom is -0.466 e. The molecule has 2 nitrogen and oxygen atoms in total. The Morgan fingerprint density at radius 1 is 1.36 bits per heavy atom. The molecular weight excluding hydrogens is 176 g/mol. The molecule has 0 heterocycles. The molecule has 14 heavy (non-hydrogen) atoms. The molecule has 0 amide bonds. The standard InChI is InChI=1S/C12H18O2/c1-3-4-11-5-7-12(8-6-11)9-14-10(2)13/h1,11-12H,4-9H2,2H3/t11-,12-. The van der Waals surface area contributed by atoms with Gasteiger partial charge in [0.1, 0.15) is 0 Å². The van der Waals surface area contributed by atoms with Gasteiger partial charge in [-0.25, -0.2) is 0 Å². The Hall–Kier alpha value is -0.970. The quantitative estimate of drug-likeness (QED) is 0.509. The van der Waals surface area contributed by atoms with Gasteiger partial charge >= 0.3 is 5.97 Å². The summed E-state index contributed by atoms with van der Waals surface area (Å²) in [7, 11) is 0. The molecule has 0 aliphatic heterocycles.